The molecule has 0 atom stereocenters. The molecule has 134 valence electrons. The summed E-state index contributed by atoms with van der Waals surface area (Å²) in [5.74, 6) is 0.777. The van der Waals surface area contributed by atoms with Crippen molar-refractivity contribution < 1.29 is 4.79 Å². The van der Waals surface area contributed by atoms with Crippen molar-refractivity contribution in [2.24, 2.45) is 4.99 Å². The Morgan fingerprint density at radius 2 is 2.12 bits per heavy atom. The van der Waals surface area contributed by atoms with E-state index in [1.807, 2.05) is 37.4 Å². The Morgan fingerprint density at radius 3 is 2.76 bits per heavy atom. The highest BCUT2D eigenvalue weighted by Gasteiger charge is 2.08. The molecule has 0 unspecified atom stereocenters. The fraction of sp³-hybridized carbons (Fsp3) is 0.389. The molecule has 0 spiro atoms. The Bertz CT molecular complexity index is 739. The van der Waals surface area contributed by atoms with E-state index in [1.54, 1.807) is 37.4 Å². The van der Waals surface area contributed by atoms with E-state index in [9.17, 15) is 4.79 Å². The maximum Gasteiger partial charge on any atom is 0.253 e. The van der Waals surface area contributed by atoms with Gasteiger partial charge in [-0.15, -0.1) is 11.3 Å². The highest BCUT2D eigenvalue weighted by Crippen LogP contribution is 2.10. The Balaban J connectivity index is 1.82. The second-order valence-corrected chi connectivity index (χ2v) is 7.17. The van der Waals surface area contributed by atoms with Gasteiger partial charge in [-0.3, -0.25) is 9.79 Å². The largest absolute Gasteiger partial charge is 0.356 e. The lowest BCUT2D eigenvalue weighted by molar-refractivity contribution is 0.0827. The smallest absolute Gasteiger partial charge is 0.253 e. The summed E-state index contributed by atoms with van der Waals surface area (Å²) in [7, 11) is 5.28. The number of nitrogens with zero attached hydrogens (tertiary/aromatic N) is 3. The van der Waals surface area contributed by atoms with Crippen LogP contribution in [0.3, 0.4) is 0 Å². The van der Waals surface area contributed by atoms with Crippen molar-refractivity contribution in [1.29, 1.82) is 0 Å². The number of benzene rings is 1. The number of amides is 1. The molecule has 0 fully saturated rings. The van der Waals surface area contributed by atoms with Crippen LogP contribution >= 0.6 is 11.3 Å². The fourth-order valence-electron chi connectivity index (χ4n) is 2.32. The SMILES string of the molecule is CN=C(NCCc1cccc(C(=O)N(C)C)c1)NCc1cnc(C)s1. The second kappa shape index (κ2) is 9.17. The number of hydrogen-bond acceptors (Lipinski definition) is 4. The summed E-state index contributed by atoms with van der Waals surface area (Å²) in [6.45, 7) is 3.44. The monoisotopic (exact) mass is 359 g/mol. The van der Waals surface area contributed by atoms with Gasteiger partial charge in [-0.2, -0.15) is 0 Å². The maximum atomic E-state index is 12.0. The molecule has 2 N–H and O–H groups in total. The number of thiazole rings is 1. The molecular formula is C18H25N5OS. The molecule has 25 heavy (non-hydrogen) atoms. The van der Waals surface area contributed by atoms with E-state index in [4.69, 9.17) is 0 Å². The molecule has 0 aliphatic carbocycles. The summed E-state index contributed by atoms with van der Waals surface area (Å²) < 4.78 is 0. The fourth-order valence-corrected chi connectivity index (χ4v) is 3.06. The Labute approximate surface area is 153 Å². The van der Waals surface area contributed by atoms with Gasteiger partial charge in [0.15, 0.2) is 5.96 Å². The van der Waals surface area contributed by atoms with E-state index in [0.717, 1.165) is 29.5 Å². The number of nitrogens with one attached hydrogen (secondary N) is 2. The van der Waals surface area contributed by atoms with E-state index in [-0.39, 0.29) is 5.91 Å². The molecule has 7 heteroatoms. The minimum Gasteiger partial charge on any atom is -0.356 e. The van der Waals surface area contributed by atoms with Crippen LogP contribution in [-0.4, -0.2) is 49.4 Å². The van der Waals surface area contributed by atoms with Gasteiger partial charge in [0, 0.05) is 44.3 Å². The predicted molar refractivity (Wildman–Crippen MR) is 103 cm³/mol. The van der Waals surface area contributed by atoms with Crippen molar-refractivity contribution in [1.82, 2.24) is 20.5 Å². The molecule has 1 heterocycles. The van der Waals surface area contributed by atoms with Gasteiger partial charge in [-0.25, -0.2) is 4.98 Å². The zero-order valence-corrected chi connectivity index (χ0v) is 16.0. The number of aliphatic imine (C=N–C) groups is 1. The van der Waals surface area contributed by atoms with Crippen LogP contribution in [0.1, 0.15) is 25.8 Å². The lowest BCUT2D eigenvalue weighted by Crippen LogP contribution is -2.37. The summed E-state index contributed by atoms with van der Waals surface area (Å²) in [5.41, 5.74) is 1.83. The van der Waals surface area contributed by atoms with E-state index >= 15 is 0 Å². The minimum absolute atomic E-state index is 0.0205. The highest BCUT2D eigenvalue weighted by molar-refractivity contribution is 7.11. The molecule has 2 rings (SSSR count). The van der Waals surface area contributed by atoms with Crippen molar-refractivity contribution in [3.8, 4) is 0 Å². The van der Waals surface area contributed by atoms with Gasteiger partial charge < -0.3 is 15.5 Å². The van der Waals surface area contributed by atoms with Crippen LogP contribution in [0.4, 0.5) is 0 Å². The maximum absolute atomic E-state index is 12.0. The number of hydrogen-bond donors (Lipinski definition) is 2. The average Bonchev–Trinajstić information content (AvgIpc) is 3.02. The molecule has 0 radical (unpaired) electrons. The zero-order valence-electron chi connectivity index (χ0n) is 15.2. The van der Waals surface area contributed by atoms with Crippen molar-refractivity contribution in [3.05, 3.63) is 51.5 Å². The summed E-state index contributed by atoms with van der Waals surface area (Å²) >= 11 is 1.68. The Morgan fingerprint density at radius 1 is 1.32 bits per heavy atom. The molecule has 1 amide bonds. The summed E-state index contributed by atoms with van der Waals surface area (Å²) in [6, 6.07) is 7.74. The first-order chi connectivity index (χ1) is 12.0. The van der Waals surface area contributed by atoms with Gasteiger partial charge in [-0.1, -0.05) is 12.1 Å². The quantitative estimate of drug-likeness (QED) is 0.612. The molecule has 0 saturated heterocycles. The van der Waals surface area contributed by atoms with Crippen LogP contribution < -0.4 is 10.6 Å². The number of guanidine groups is 1. The third-order valence-electron chi connectivity index (χ3n) is 3.61. The first-order valence-electron chi connectivity index (χ1n) is 8.16. The van der Waals surface area contributed by atoms with Crippen LogP contribution in [0, 0.1) is 6.92 Å². The Hall–Kier alpha value is -2.41. The number of carbonyl (C=O) groups excluding carboxylic acids is 1. The Kier molecular flexibility index (Phi) is 6.94. The van der Waals surface area contributed by atoms with Crippen molar-refractivity contribution in [2.75, 3.05) is 27.7 Å². The summed E-state index contributed by atoms with van der Waals surface area (Å²) in [4.78, 5) is 23.3. The molecule has 1 aromatic carbocycles. The van der Waals surface area contributed by atoms with Gasteiger partial charge in [-0.05, 0) is 31.0 Å². The van der Waals surface area contributed by atoms with Crippen molar-refractivity contribution in [2.45, 2.75) is 19.9 Å². The van der Waals surface area contributed by atoms with Crippen LogP contribution in [-0.2, 0) is 13.0 Å². The van der Waals surface area contributed by atoms with Gasteiger partial charge in [0.2, 0.25) is 0 Å². The first kappa shape index (κ1) is 18.9. The lowest BCUT2D eigenvalue weighted by atomic mass is 10.1. The third-order valence-corrected chi connectivity index (χ3v) is 4.52. The van der Waals surface area contributed by atoms with Crippen molar-refractivity contribution >= 4 is 23.2 Å². The predicted octanol–water partition coefficient (Wildman–Crippen LogP) is 2.06. The van der Waals surface area contributed by atoms with E-state index in [1.165, 1.54) is 4.88 Å². The van der Waals surface area contributed by atoms with Gasteiger partial charge in [0.1, 0.15) is 0 Å². The summed E-state index contributed by atoms with van der Waals surface area (Å²) in [5, 5.41) is 7.63. The van der Waals surface area contributed by atoms with Crippen LogP contribution in [0.2, 0.25) is 0 Å². The van der Waals surface area contributed by atoms with Gasteiger partial charge in [0.25, 0.3) is 5.91 Å². The zero-order chi connectivity index (χ0) is 18.2. The molecular weight excluding hydrogens is 334 g/mol. The molecule has 1 aromatic heterocycles. The van der Waals surface area contributed by atoms with E-state index < -0.39 is 0 Å². The first-order valence-corrected chi connectivity index (χ1v) is 8.97. The van der Waals surface area contributed by atoms with E-state index in [2.05, 4.69) is 20.6 Å². The number of carbonyl (C=O) groups is 1. The minimum atomic E-state index is 0.0205. The lowest BCUT2D eigenvalue weighted by Gasteiger charge is -2.13. The van der Waals surface area contributed by atoms with Gasteiger partial charge >= 0.3 is 0 Å². The average molecular weight is 359 g/mol. The van der Waals surface area contributed by atoms with E-state index in [0.29, 0.717) is 12.1 Å². The standard InChI is InChI=1S/C18H25N5OS/c1-13-21-11-16(25-13)12-22-18(19-2)20-9-8-14-6-5-7-15(10-14)17(24)23(3)4/h5-7,10-11H,8-9,12H2,1-4H3,(H2,19,20,22). The molecule has 0 saturated carbocycles. The van der Waals surface area contributed by atoms with Gasteiger partial charge in [0.05, 0.1) is 11.6 Å². The van der Waals surface area contributed by atoms with Crippen LogP contribution in [0.25, 0.3) is 0 Å². The van der Waals surface area contributed by atoms with Crippen LogP contribution in [0.15, 0.2) is 35.5 Å². The van der Waals surface area contributed by atoms with Crippen molar-refractivity contribution in [3.63, 3.8) is 0 Å². The summed E-state index contributed by atoms with van der Waals surface area (Å²) in [6.07, 6.45) is 2.70. The molecule has 0 bridgehead atoms. The molecule has 0 aliphatic rings. The number of rotatable bonds is 6. The van der Waals surface area contributed by atoms with Crippen LogP contribution in [0.5, 0.6) is 0 Å². The second-order valence-electron chi connectivity index (χ2n) is 5.85. The number of aromatic nitrogens is 1. The molecule has 0 aliphatic heterocycles. The molecule has 2 aromatic rings. The molecule has 6 nitrogen and oxygen atoms in total. The third kappa shape index (κ3) is 5.86. The topological polar surface area (TPSA) is 69.6 Å². The normalized spacial score (nSPS) is 11.3. The number of aryl methyl sites for hydroxylation is 1. The highest BCUT2D eigenvalue weighted by atomic mass is 32.1.